The molecule has 3 N–H and O–H groups in total. The molecule has 0 radical (unpaired) electrons. The summed E-state index contributed by atoms with van der Waals surface area (Å²) in [6.07, 6.45) is -0.168. The molecule has 0 aliphatic carbocycles. The molecular formula is C21H33N4O5S+. The molecule has 0 spiro atoms. The molecule has 4 aliphatic heterocycles. The number of aliphatic hydroxyl groups is 1. The molecule has 4 heterocycles. The third-order valence-electron chi connectivity index (χ3n) is 7.26. The Morgan fingerprint density at radius 2 is 1.90 bits per heavy atom. The summed E-state index contributed by atoms with van der Waals surface area (Å²) < 4.78 is 0.925. The number of piperazine rings is 1. The van der Waals surface area contributed by atoms with Crippen LogP contribution in [0.4, 0.5) is 0 Å². The second-order valence-corrected chi connectivity index (χ2v) is 11.3. The summed E-state index contributed by atoms with van der Waals surface area (Å²) in [5, 5.41) is 23.2. The third kappa shape index (κ3) is 3.88. The Hall–Kier alpha value is -1.62. The van der Waals surface area contributed by atoms with E-state index in [-0.39, 0.29) is 40.8 Å². The van der Waals surface area contributed by atoms with E-state index in [4.69, 9.17) is 0 Å². The van der Waals surface area contributed by atoms with Crippen molar-refractivity contribution < 1.29 is 29.1 Å². The molecule has 4 rings (SSSR count). The smallest absolute Gasteiger partial charge is 0.353 e. The molecule has 9 nitrogen and oxygen atoms in total. The molecule has 0 aromatic carbocycles. The molecule has 4 aliphatic rings. The lowest BCUT2D eigenvalue weighted by molar-refractivity contribution is -0.894. The van der Waals surface area contributed by atoms with Crippen molar-refractivity contribution in [2.24, 2.45) is 11.8 Å². The lowest BCUT2D eigenvalue weighted by Gasteiger charge is -2.46. The van der Waals surface area contributed by atoms with Gasteiger partial charge in [-0.2, -0.15) is 0 Å². The molecule has 0 aromatic rings. The molecule has 0 saturated carbocycles. The maximum absolute atomic E-state index is 13.0. The Labute approximate surface area is 187 Å². The van der Waals surface area contributed by atoms with E-state index in [1.165, 1.54) is 16.7 Å². The molecule has 31 heavy (non-hydrogen) atoms. The number of fused-ring (bicyclic) bond motifs is 1. The van der Waals surface area contributed by atoms with Gasteiger partial charge < -0.3 is 29.8 Å². The van der Waals surface area contributed by atoms with E-state index in [0.717, 1.165) is 30.7 Å². The standard InChI is InChI=1S/C21H32N4O5S/c1-11-16-15(12(2)26)20(28)24(16)17(21(29)30)18(11)31-13-9-14(22-10-13)19(27)23-5-7-25(3,4)8-6-23/h11-16,22,26H,5-10H2,1-4H3/p+1/t11-,12-,13+,14+,15-,16-/m1/s1. The Morgan fingerprint density at radius 3 is 2.48 bits per heavy atom. The van der Waals surface area contributed by atoms with Crippen LogP contribution >= 0.6 is 11.8 Å². The zero-order valence-corrected chi connectivity index (χ0v) is 19.4. The average Bonchev–Trinajstić information content (AvgIpc) is 3.23. The number of thioether (sulfide) groups is 1. The molecule has 0 bridgehead atoms. The summed E-state index contributed by atoms with van der Waals surface area (Å²) in [4.78, 5) is 41.4. The van der Waals surface area contributed by atoms with E-state index in [0.29, 0.717) is 17.9 Å². The fourth-order valence-corrected chi connectivity index (χ4v) is 6.77. The van der Waals surface area contributed by atoms with Crippen LogP contribution < -0.4 is 5.32 Å². The maximum atomic E-state index is 13.0. The van der Waals surface area contributed by atoms with Crippen LogP contribution in [0.2, 0.25) is 0 Å². The van der Waals surface area contributed by atoms with E-state index in [1.54, 1.807) is 6.92 Å². The van der Waals surface area contributed by atoms with Crippen molar-refractivity contribution in [2.45, 2.75) is 43.7 Å². The lowest BCUT2D eigenvalue weighted by Crippen LogP contribution is -2.63. The van der Waals surface area contributed by atoms with Crippen molar-refractivity contribution in [3.63, 3.8) is 0 Å². The first kappa shape index (κ1) is 22.6. The normalized spacial score (nSPS) is 35.8. The Kier molecular flexibility index (Phi) is 5.87. The minimum Gasteiger partial charge on any atom is -0.477 e. The van der Waals surface area contributed by atoms with Gasteiger partial charge in [-0.25, -0.2) is 4.79 Å². The van der Waals surface area contributed by atoms with Crippen molar-refractivity contribution in [3.8, 4) is 0 Å². The molecule has 2 amide bonds. The van der Waals surface area contributed by atoms with Crippen molar-refractivity contribution in [1.82, 2.24) is 15.1 Å². The van der Waals surface area contributed by atoms with Gasteiger partial charge in [-0.05, 0) is 13.3 Å². The molecule has 0 aromatic heterocycles. The predicted octanol–water partition coefficient (Wildman–Crippen LogP) is -0.478. The highest BCUT2D eigenvalue weighted by Crippen LogP contribution is 2.51. The van der Waals surface area contributed by atoms with E-state index in [9.17, 15) is 24.6 Å². The molecule has 0 unspecified atom stereocenters. The highest BCUT2D eigenvalue weighted by molar-refractivity contribution is 8.03. The van der Waals surface area contributed by atoms with E-state index >= 15 is 0 Å². The molecule has 3 saturated heterocycles. The number of aliphatic hydroxyl groups excluding tert-OH is 1. The second kappa shape index (κ2) is 8.06. The monoisotopic (exact) mass is 453 g/mol. The number of rotatable bonds is 5. The fraction of sp³-hybridized carbons (Fsp3) is 0.762. The lowest BCUT2D eigenvalue weighted by atomic mass is 9.79. The first-order valence-corrected chi connectivity index (χ1v) is 11.9. The SMILES string of the molecule is C[C@@H](O)[C@H]1C(=O)N2C(C(=O)O)=C(S[C@@H]3CN[C@H](C(=O)N4CC[N+](C)(C)CC4)C3)[C@H](C)[C@H]12. The summed E-state index contributed by atoms with van der Waals surface area (Å²) in [6, 6.07) is -0.552. The van der Waals surface area contributed by atoms with Gasteiger partial charge in [0.2, 0.25) is 11.8 Å². The number of amides is 2. The van der Waals surface area contributed by atoms with Crippen LogP contribution in [0.1, 0.15) is 20.3 Å². The van der Waals surface area contributed by atoms with Crippen molar-refractivity contribution >= 4 is 29.5 Å². The molecule has 10 heteroatoms. The number of hydrogen-bond donors (Lipinski definition) is 3. The number of β-lactam (4-membered cyclic amide) rings is 1. The zero-order chi connectivity index (χ0) is 22.7. The number of carbonyl (C=O) groups excluding carboxylic acids is 2. The molecular weight excluding hydrogens is 420 g/mol. The van der Waals surface area contributed by atoms with Crippen molar-refractivity contribution in [1.29, 1.82) is 0 Å². The number of carboxylic acids is 1. The highest BCUT2D eigenvalue weighted by atomic mass is 32.2. The van der Waals surface area contributed by atoms with Gasteiger partial charge in [-0.3, -0.25) is 9.59 Å². The van der Waals surface area contributed by atoms with E-state index in [2.05, 4.69) is 19.4 Å². The van der Waals surface area contributed by atoms with Crippen LogP contribution in [-0.2, 0) is 14.4 Å². The summed E-state index contributed by atoms with van der Waals surface area (Å²) in [5.41, 5.74) is 0.0511. The van der Waals surface area contributed by atoms with Crippen LogP contribution in [0.15, 0.2) is 10.6 Å². The quantitative estimate of drug-likeness (QED) is 0.381. The van der Waals surface area contributed by atoms with E-state index in [1.807, 2.05) is 11.8 Å². The van der Waals surface area contributed by atoms with E-state index < -0.39 is 18.0 Å². The number of carbonyl (C=O) groups is 3. The second-order valence-electron chi connectivity index (χ2n) is 9.92. The van der Waals surface area contributed by atoms with Gasteiger partial charge in [0.05, 0.1) is 64.4 Å². The highest BCUT2D eigenvalue weighted by Gasteiger charge is 2.60. The van der Waals surface area contributed by atoms with Gasteiger partial charge in [-0.15, -0.1) is 11.8 Å². The zero-order valence-electron chi connectivity index (χ0n) is 18.6. The summed E-state index contributed by atoms with van der Waals surface area (Å²) in [6.45, 7) is 7.53. The number of carboxylic acid groups (broad SMARTS) is 1. The third-order valence-corrected chi connectivity index (χ3v) is 8.77. The number of nitrogens with one attached hydrogen (secondary N) is 1. The fourth-order valence-electron chi connectivity index (χ4n) is 5.29. The van der Waals surface area contributed by atoms with Gasteiger partial charge in [0, 0.05) is 22.6 Å². The van der Waals surface area contributed by atoms with Gasteiger partial charge in [0.1, 0.15) is 5.70 Å². The summed E-state index contributed by atoms with van der Waals surface area (Å²) in [7, 11) is 4.35. The van der Waals surface area contributed by atoms with Gasteiger partial charge in [-0.1, -0.05) is 6.92 Å². The van der Waals surface area contributed by atoms with Crippen LogP contribution in [-0.4, -0.2) is 113 Å². The van der Waals surface area contributed by atoms with Gasteiger partial charge in [0.25, 0.3) is 0 Å². The van der Waals surface area contributed by atoms with Crippen molar-refractivity contribution in [3.05, 3.63) is 10.6 Å². The minimum absolute atomic E-state index is 0.0511. The van der Waals surface area contributed by atoms with Crippen LogP contribution in [0, 0.1) is 11.8 Å². The number of likely N-dealkylation sites (N-methyl/N-ethyl adjacent to an activating group) is 1. The largest absolute Gasteiger partial charge is 0.477 e. The Morgan fingerprint density at radius 1 is 1.26 bits per heavy atom. The van der Waals surface area contributed by atoms with Crippen LogP contribution in [0.25, 0.3) is 0 Å². The minimum atomic E-state index is -1.11. The number of nitrogens with zero attached hydrogens (tertiary/aromatic N) is 3. The summed E-state index contributed by atoms with van der Waals surface area (Å²) in [5.74, 6) is -2.00. The Balaban J connectivity index is 1.42. The molecule has 172 valence electrons. The van der Waals surface area contributed by atoms with Gasteiger partial charge in [0.15, 0.2) is 0 Å². The topological polar surface area (TPSA) is 110 Å². The molecule has 3 fully saturated rings. The number of quaternary nitrogens is 1. The van der Waals surface area contributed by atoms with Crippen LogP contribution in [0.3, 0.4) is 0 Å². The predicted molar refractivity (Wildman–Crippen MR) is 116 cm³/mol. The maximum Gasteiger partial charge on any atom is 0.353 e. The number of aliphatic carboxylic acids is 1. The Bertz CT molecular complexity index is 819. The average molecular weight is 454 g/mol. The van der Waals surface area contributed by atoms with Crippen molar-refractivity contribution in [2.75, 3.05) is 46.8 Å². The van der Waals surface area contributed by atoms with Gasteiger partial charge >= 0.3 is 5.97 Å². The first-order chi connectivity index (χ1) is 14.5. The molecule has 6 atom stereocenters. The number of hydrogen-bond acceptors (Lipinski definition) is 6. The first-order valence-electron chi connectivity index (χ1n) is 11.0. The summed E-state index contributed by atoms with van der Waals surface area (Å²) >= 11 is 1.48. The van der Waals surface area contributed by atoms with Crippen LogP contribution in [0.5, 0.6) is 0 Å².